The van der Waals surface area contributed by atoms with E-state index in [-0.39, 0.29) is 24.0 Å². The molecule has 0 unspecified atom stereocenters. The van der Waals surface area contributed by atoms with Crippen LogP contribution in [0.4, 0.5) is 4.79 Å². The van der Waals surface area contributed by atoms with Crippen molar-refractivity contribution in [2.75, 3.05) is 20.1 Å². The van der Waals surface area contributed by atoms with Crippen molar-refractivity contribution >= 4 is 11.9 Å². The maximum Gasteiger partial charge on any atom is 0.320 e. The number of hydrogen-bond acceptors (Lipinski definition) is 2. The van der Waals surface area contributed by atoms with Gasteiger partial charge in [0.2, 0.25) is 5.91 Å². The second-order valence-electron chi connectivity index (χ2n) is 6.49. The van der Waals surface area contributed by atoms with Crippen molar-refractivity contribution in [1.29, 1.82) is 0 Å². The Hall–Kier alpha value is -1.52. The summed E-state index contributed by atoms with van der Waals surface area (Å²) in [5.74, 6) is 0.539. The van der Waals surface area contributed by atoms with Crippen molar-refractivity contribution in [3.05, 3.63) is 12.2 Å². The molecule has 0 bridgehead atoms. The maximum absolute atomic E-state index is 12.5. The largest absolute Gasteiger partial charge is 0.351 e. The Kier molecular flexibility index (Phi) is 4.17. The normalized spacial score (nSPS) is 35.6. The molecular weight excluding hydrogens is 266 g/mol. The van der Waals surface area contributed by atoms with E-state index in [9.17, 15) is 9.59 Å². The highest BCUT2D eigenvalue weighted by Gasteiger charge is 2.41. The van der Waals surface area contributed by atoms with Crippen LogP contribution in [0.2, 0.25) is 0 Å². The lowest BCUT2D eigenvalue weighted by molar-refractivity contribution is -0.125. The fourth-order valence-electron chi connectivity index (χ4n) is 3.34. The first kappa shape index (κ1) is 14.4. The van der Waals surface area contributed by atoms with Gasteiger partial charge in [-0.3, -0.25) is 4.79 Å². The van der Waals surface area contributed by atoms with Crippen LogP contribution >= 0.6 is 0 Å². The second-order valence-corrected chi connectivity index (χ2v) is 6.49. The van der Waals surface area contributed by atoms with Crippen LogP contribution < -0.4 is 5.32 Å². The Balaban J connectivity index is 1.72. The number of hydrogen-bond donors (Lipinski definition) is 1. The Morgan fingerprint density at radius 2 is 2.05 bits per heavy atom. The average Bonchev–Trinajstić information content (AvgIpc) is 3.01. The van der Waals surface area contributed by atoms with Gasteiger partial charge in [0.15, 0.2) is 0 Å². The molecule has 0 spiro atoms. The molecule has 2 aliphatic heterocycles. The van der Waals surface area contributed by atoms with Gasteiger partial charge in [-0.2, -0.15) is 0 Å². The topological polar surface area (TPSA) is 52.7 Å². The summed E-state index contributed by atoms with van der Waals surface area (Å²) >= 11 is 0. The minimum absolute atomic E-state index is 0.00704. The molecule has 1 saturated heterocycles. The number of amides is 3. The van der Waals surface area contributed by atoms with Crippen LogP contribution in [0.15, 0.2) is 12.2 Å². The number of carbonyl (C=O) groups excluding carboxylic acids is 2. The molecule has 5 heteroatoms. The standard InChI is InChI=1S/C16H25N3O2/c1-18-9-5-3-2-4-7-12-11-13(12)17-15(20)14-8-6-10-19(14)16(18)21/h4,7,12-14H,2-3,5-6,8-11H2,1H3,(H,17,20)/b7-4-/t12-,13-,14+/m1/s1. The summed E-state index contributed by atoms with van der Waals surface area (Å²) in [5, 5.41) is 3.11. The van der Waals surface area contributed by atoms with Crippen LogP contribution in [0.25, 0.3) is 0 Å². The minimum atomic E-state index is -0.270. The Morgan fingerprint density at radius 3 is 2.90 bits per heavy atom. The van der Waals surface area contributed by atoms with Crippen LogP contribution in [0.3, 0.4) is 0 Å². The predicted octanol–water partition coefficient (Wildman–Crippen LogP) is 1.75. The molecule has 2 heterocycles. The Morgan fingerprint density at radius 1 is 1.19 bits per heavy atom. The smallest absolute Gasteiger partial charge is 0.320 e. The molecule has 1 N–H and O–H groups in total. The fourth-order valence-corrected chi connectivity index (χ4v) is 3.34. The summed E-state index contributed by atoms with van der Waals surface area (Å²) in [4.78, 5) is 28.4. The van der Waals surface area contributed by atoms with Gasteiger partial charge in [0.1, 0.15) is 6.04 Å². The van der Waals surface area contributed by atoms with Crippen molar-refractivity contribution in [1.82, 2.24) is 15.1 Å². The molecule has 1 saturated carbocycles. The number of carbonyl (C=O) groups is 2. The highest BCUT2D eigenvalue weighted by molar-refractivity contribution is 5.88. The van der Waals surface area contributed by atoms with Gasteiger partial charge in [0.05, 0.1) is 0 Å². The Labute approximate surface area is 126 Å². The van der Waals surface area contributed by atoms with Crippen LogP contribution in [-0.2, 0) is 4.79 Å². The zero-order valence-electron chi connectivity index (χ0n) is 12.8. The molecule has 3 aliphatic rings. The first-order valence-corrected chi connectivity index (χ1v) is 8.15. The van der Waals surface area contributed by atoms with Gasteiger partial charge in [-0.05, 0) is 44.4 Å². The van der Waals surface area contributed by atoms with E-state index >= 15 is 0 Å². The quantitative estimate of drug-likeness (QED) is 0.691. The molecule has 1 aliphatic carbocycles. The molecule has 116 valence electrons. The van der Waals surface area contributed by atoms with E-state index in [2.05, 4.69) is 17.5 Å². The summed E-state index contributed by atoms with van der Waals surface area (Å²) in [5.41, 5.74) is 0. The van der Waals surface area contributed by atoms with Gasteiger partial charge in [0.25, 0.3) is 0 Å². The average molecular weight is 291 g/mol. The van der Waals surface area contributed by atoms with E-state index in [1.54, 1.807) is 9.80 Å². The third-order valence-corrected chi connectivity index (χ3v) is 4.79. The van der Waals surface area contributed by atoms with Gasteiger partial charge in [0, 0.05) is 26.2 Å². The molecular formula is C16H25N3O2. The highest BCUT2D eigenvalue weighted by atomic mass is 16.2. The van der Waals surface area contributed by atoms with Crippen molar-refractivity contribution in [2.45, 2.75) is 50.6 Å². The molecule has 0 aromatic carbocycles. The summed E-state index contributed by atoms with van der Waals surface area (Å²) in [6.45, 7) is 1.47. The first-order chi connectivity index (χ1) is 10.2. The molecule has 21 heavy (non-hydrogen) atoms. The number of nitrogens with zero attached hydrogens (tertiary/aromatic N) is 2. The highest BCUT2D eigenvalue weighted by Crippen LogP contribution is 2.32. The van der Waals surface area contributed by atoms with E-state index in [1.807, 2.05) is 7.05 Å². The number of rotatable bonds is 0. The van der Waals surface area contributed by atoms with E-state index < -0.39 is 0 Å². The molecule has 0 radical (unpaired) electrons. The molecule has 3 amide bonds. The zero-order valence-corrected chi connectivity index (χ0v) is 12.8. The SMILES string of the molecule is CN1CCCC/C=C\[C@@H]2C[C@H]2NC(=O)[C@@H]2CCCN2C1=O. The number of allylic oxidation sites excluding steroid dienone is 1. The van der Waals surface area contributed by atoms with E-state index in [1.165, 1.54) is 0 Å². The minimum Gasteiger partial charge on any atom is -0.351 e. The van der Waals surface area contributed by atoms with Gasteiger partial charge in [-0.25, -0.2) is 4.79 Å². The third-order valence-electron chi connectivity index (χ3n) is 4.79. The van der Waals surface area contributed by atoms with Crippen LogP contribution in [-0.4, -0.2) is 54.0 Å². The number of nitrogens with one attached hydrogen (secondary N) is 1. The summed E-state index contributed by atoms with van der Waals surface area (Å²) in [6.07, 6.45) is 10.4. The number of urea groups is 1. The van der Waals surface area contributed by atoms with Gasteiger partial charge < -0.3 is 15.1 Å². The molecule has 0 aromatic heterocycles. The van der Waals surface area contributed by atoms with E-state index in [0.29, 0.717) is 12.5 Å². The van der Waals surface area contributed by atoms with Crippen LogP contribution in [0.1, 0.15) is 38.5 Å². The lowest BCUT2D eigenvalue weighted by Gasteiger charge is -2.29. The van der Waals surface area contributed by atoms with Gasteiger partial charge in [-0.15, -0.1) is 0 Å². The lowest BCUT2D eigenvalue weighted by Crippen LogP contribution is -2.50. The molecule has 2 fully saturated rings. The summed E-state index contributed by atoms with van der Waals surface area (Å²) in [6, 6.07) is 0.0210. The van der Waals surface area contributed by atoms with Crippen molar-refractivity contribution in [2.24, 2.45) is 5.92 Å². The van der Waals surface area contributed by atoms with Gasteiger partial charge in [-0.1, -0.05) is 12.2 Å². The summed E-state index contributed by atoms with van der Waals surface area (Å²) < 4.78 is 0. The van der Waals surface area contributed by atoms with Gasteiger partial charge >= 0.3 is 6.03 Å². The molecule has 3 atom stereocenters. The fraction of sp³-hybridized carbons (Fsp3) is 0.750. The van der Waals surface area contributed by atoms with Crippen LogP contribution in [0, 0.1) is 5.92 Å². The Bertz CT molecular complexity index is 449. The number of fused-ring (bicyclic) bond motifs is 2. The van der Waals surface area contributed by atoms with E-state index in [4.69, 9.17) is 0 Å². The van der Waals surface area contributed by atoms with Crippen molar-refractivity contribution in [3.63, 3.8) is 0 Å². The van der Waals surface area contributed by atoms with Crippen molar-refractivity contribution < 1.29 is 9.59 Å². The maximum atomic E-state index is 12.5. The molecule has 5 nitrogen and oxygen atoms in total. The molecule has 0 aromatic rings. The predicted molar refractivity (Wildman–Crippen MR) is 80.8 cm³/mol. The lowest BCUT2D eigenvalue weighted by atomic mass is 10.2. The zero-order chi connectivity index (χ0) is 14.8. The van der Waals surface area contributed by atoms with Crippen molar-refractivity contribution in [3.8, 4) is 0 Å². The second kappa shape index (κ2) is 6.08. The first-order valence-electron chi connectivity index (χ1n) is 8.15. The third kappa shape index (κ3) is 3.22. The molecule has 3 rings (SSSR count). The van der Waals surface area contributed by atoms with Crippen LogP contribution in [0.5, 0.6) is 0 Å². The monoisotopic (exact) mass is 291 g/mol. The summed E-state index contributed by atoms with van der Waals surface area (Å²) in [7, 11) is 1.84. The van der Waals surface area contributed by atoms with E-state index in [0.717, 1.165) is 45.1 Å².